The van der Waals surface area contributed by atoms with E-state index in [0.29, 0.717) is 54.4 Å². The van der Waals surface area contributed by atoms with Gasteiger partial charge in [-0.3, -0.25) is 0 Å². The van der Waals surface area contributed by atoms with Gasteiger partial charge in [-0.25, -0.2) is 9.78 Å². The molecule has 8 heteroatoms. The van der Waals surface area contributed by atoms with Gasteiger partial charge < -0.3 is 24.5 Å². The van der Waals surface area contributed by atoms with Crippen LogP contribution in [0.15, 0.2) is 69.2 Å². The number of morpholine rings is 1. The van der Waals surface area contributed by atoms with Crippen molar-refractivity contribution in [2.75, 3.05) is 31.2 Å². The van der Waals surface area contributed by atoms with Crippen LogP contribution in [0.2, 0.25) is 0 Å². The smallest absolute Gasteiger partial charge is 0.344 e. The molecule has 2 aliphatic rings. The Bertz CT molecular complexity index is 1630. The summed E-state index contributed by atoms with van der Waals surface area (Å²) in [5.41, 5.74) is 9.13. The molecule has 4 aromatic rings. The van der Waals surface area contributed by atoms with Gasteiger partial charge in [0.1, 0.15) is 23.0 Å². The molecular formula is C27H22N4O4. The van der Waals surface area contributed by atoms with Crippen LogP contribution in [0.4, 0.5) is 5.82 Å². The normalized spacial score (nSPS) is 17.8. The standard InChI is InChI=1S/C27H22N4O4/c1-15-6-7-20-16(12-15)13-18(26(30-20)31-8-10-33-11-9-31)22-19(14-28)25(29)35-24-17-4-2-3-5-21(17)34-27(32)23(22)24/h2-7,12-13,22H,8-11,29H2,1H3. The van der Waals surface area contributed by atoms with Crippen LogP contribution in [-0.2, 0) is 4.74 Å². The molecule has 0 aliphatic carbocycles. The topological polar surface area (TPSA) is 115 Å². The number of hydrogen-bond donors (Lipinski definition) is 1. The zero-order valence-electron chi connectivity index (χ0n) is 19.1. The number of pyridine rings is 1. The lowest BCUT2D eigenvalue weighted by Crippen LogP contribution is -2.38. The number of benzene rings is 2. The maximum atomic E-state index is 13.4. The summed E-state index contributed by atoms with van der Waals surface area (Å²) >= 11 is 0. The minimum Gasteiger partial charge on any atom is -0.439 e. The molecular weight excluding hydrogens is 444 g/mol. The molecule has 1 saturated heterocycles. The van der Waals surface area contributed by atoms with Crippen molar-refractivity contribution in [1.82, 2.24) is 4.98 Å². The molecule has 0 bridgehead atoms. The van der Waals surface area contributed by atoms with E-state index < -0.39 is 11.5 Å². The van der Waals surface area contributed by atoms with Crippen molar-refractivity contribution < 1.29 is 13.9 Å². The summed E-state index contributed by atoms with van der Waals surface area (Å²) in [5, 5.41) is 11.7. The first-order valence-electron chi connectivity index (χ1n) is 11.4. The minimum absolute atomic E-state index is 0.0296. The van der Waals surface area contributed by atoms with Crippen LogP contribution >= 0.6 is 0 Å². The Hall–Kier alpha value is -4.35. The molecule has 4 heterocycles. The van der Waals surface area contributed by atoms with Crippen LogP contribution in [0.1, 0.15) is 22.6 Å². The highest BCUT2D eigenvalue weighted by Gasteiger charge is 2.38. The fourth-order valence-corrected chi connectivity index (χ4v) is 4.92. The highest BCUT2D eigenvalue weighted by molar-refractivity contribution is 5.87. The van der Waals surface area contributed by atoms with Crippen LogP contribution < -0.4 is 21.0 Å². The third-order valence-corrected chi connectivity index (χ3v) is 6.57. The molecule has 0 spiro atoms. The Balaban J connectivity index is 1.69. The van der Waals surface area contributed by atoms with Crippen molar-refractivity contribution in [3.05, 3.63) is 87.1 Å². The van der Waals surface area contributed by atoms with E-state index in [1.54, 1.807) is 12.1 Å². The largest absolute Gasteiger partial charge is 0.439 e. The Morgan fingerprint density at radius 1 is 1.14 bits per heavy atom. The summed E-state index contributed by atoms with van der Waals surface area (Å²) in [6.45, 7) is 4.42. The second-order valence-electron chi connectivity index (χ2n) is 8.75. The number of fused-ring (bicyclic) bond motifs is 4. The van der Waals surface area contributed by atoms with Gasteiger partial charge in [0.25, 0.3) is 0 Å². The monoisotopic (exact) mass is 466 g/mol. The van der Waals surface area contributed by atoms with Crippen molar-refractivity contribution in [3.8, 4) is 11.8 Å². The Labute approximate surface area is 200 Å². The highest BCUT2D eigenvalue weighted by atomic mass is 16.5. The zero-order valence-corrected chi connectivity index (χ0v) is 19.1. The molecule has 6 rings (SSSR count). The molecule has 2 aromatic heterocycles. The SMILES string of the molecule is Cc1ccc2nc(N3CCOCC3)c(C3C(C#N)=C(N)Oc4c3c(=O)oc3ccccc43)cc2c1. The number of nitriles is 1. The molecule has 35 heavy (non-hydrogen) atoms. The molecule has 0 saturated carbocycles. The van der Waals surface area contributed by atoms with Gasteiger partial charge in [0.2, 0.25) is 5.88 Å². The first kappa shape index (κ1) is 21.2. The first-order chi connectivity index (χ1) is 17.0. The number of para-hydroxylation sites is 1. The molecule has 1 fully saturated rings. The number of anilines is 1. The Morgan fingerprint density at radius 2 is 1.94 bits per heavy atom. The third kappa shape index (κ3) is 3.40. The lowest BCUT2D eigenvalue weighted by Gasteiger charge is -2.33. The maximum Gasteiger partial charge on any atom is 0.344 e. The number of ether oxygens (including phenoxy) is 2. The second-order valence-corrected chi connectivity index (χ2v) is 8.75. The van der Waals surface area contributed by atoms with E-state index in [2.05, 4.69) is 11.0 Å². The molecule has 1 unspecified atom stereocenters. The van der Waals surface area contributed by atoms with Gasteiger partial charge in [-0.15, -0.1) is 0 Å². The fraction of sp³-hybridized carbons (Fsp3) is 0.222. The van der Waals surface area contributed by atoms with Crippen LogP contribution in [0, 0.1) is 18.3 Å². The Morgan fingerprint density at radius 3 is 2.74 bits per heavy atom. The summed E-state index contributed by atoms with van der Waals surface area (Å²) in [4.78, 5) is 20.5. The van der Waals surface area contributed by atoms with E-state index in [4.69, 9.17) is 24.6 Å². The Kier molecular flexibility index (Phi) is 4.94. The number of allylic oxidation sites excluding steroid dienone is 1. The molecule has 1 atom stereocenters. The molecule has 2 N–H and O–H groups in total. The van der Waals surface area contributed by atoms with Gasteiger partial charge in [0.05, 0.1) is 35.6 Å². The van der Waals surface area contributed by atoms with Gasteiger partial charge in [0.15, 0.2) is 5.75 Å². The van der Waals surface area contributed by atoms with Crippen molar-refractivity contribution >= 4 is 27.7 Å². The predicted octanol–water partition coefficient (Wildman–Crippen LogP) is 3.70. The maximum absolute atomic E-state index is 13.4. The molecule has 174 valence electrons. The summed E-state index contributed by atoms with van der Waals surface area (Å²) in [6, 6.07) is 17.3. The highest BCUT2D eigenvalue weighted by Crippen LogP contribution is 2.46. The first-order valence-corrected chi connectivity index (χ1v) is 11.4. The van der Waals surface area contributed by atoms with Crippen molar-refractivity contribution in [1.29, 1.82) is 5.26 Å². The van der Waals surface area contributed by atoms with Crippen LogP contribution in [0.5, 0.6) is 5.75 Å². The average molecular weight is 466 g/mol. The van der Waals surface area contributed by atoms with E-state index in [9.17, 15) is 10.1 Å². The number of rotatable bonds is 2. The van der Waals surface area contributed by atoms with Crippen LogP contribution in [-0.4, -0.2) is 31.3 Å². The lowest BCUT2D eigenvalue weighted by atomic mass is 9.83. The van der Waals surface area contributed by atoms with E-state index in [1.807, 2.05) is 43.3 Å². The predicted molar refractivity (Wildman–Crippen MR) is 131 cm³/mol. The van der Waals surface area contributed by atoms with Gasteiger partial charge in [0, 0.05) is 24.0 Å². The van der Waals surface area contributed by atoms with Gasteiger partial charge in [-0.1, -0.05) is 23.8 Å². The number of hydrogen-bond acceptors (Lipinski definition) is 8. The average Bonchev–Trinajstić information content (AvgIpc) is 2.87. The van der Waals surface area contributed by atoms with Crippen LogP contribution in [0.3, 0.4) is 0 Å². The lowest BCUT2D eigenvalue weighted by molar-refractivity contribution is 0.122. The number of aromatic nitrogens is 1. The molecule has 2 aliphatic heterocycles. The second kappa shape index (κ2) is 8.15. The van der Waals surface area contributed by atoms with Crippen molar-refractivity contribution in [3.63, 3.8) is 0 Å². The van der Waals surface area contributed by atoms with E-state index >= 15 is 0 Å². The third-order valence-electron chi connectivity index (χ3n) is 6.57. The summed E-state index contributed by atoms with van der Waals surface area (Å²) in [7, 11) is 0. The van der Waals surface area contributed by atoms with Gasteiger partial charge in [-0.2, -0.15) is 5.26 Å². The number of nitrogens with two attached hydrogens (primary N) is 1. The molecule has 8 nitrogen and oxygen atoms in total. The minimum atomic E-state index is -0.792. The number of nitrogens with zero attached hydrogens (tertiary/aromatic N) is 3. The summed E-state index contributed by atoms with van der Waals surface area (Å²) < 4.78 is 17.1. The van der Waals surface area contributed by atoms with E-state index in [0.717, 1.165) is 16.5 Å². The van der Waals surface area contributed by atoms with Gasteiger partial charge in [-0.05, 0) is 37.3 Å². The quantitative estimate of drug-likeness (QED) is 0.445. The summed E-state index contributed by atoms with van der Waals surface area (Å²) in [5.74, 6) is 0.184. The fourth-order valence-electron chi connectivity index (χ4n) is 4.92. The number of aryl methyl sites for hydroxylation is 1. The van der Waals surface area contributed by atoms with Crippen molar-refractivity contribution in [2.45, 2.75) is 12.8 Å². The molecule has 0 amide bonds. The van der Waals surface area contributed by atoms with E-state index in [1.165, 1.54) is 0 Å². The molecule has 0 radical (unpaired) electrons. The molecule has 2 aromatic carbocycles. The van der Waals surface area contributed by atoms with Crippen molar-refractivity contribution in [2.24, 2.45) is 5.73 Å². The zero-order chi connectivity index (χ0) is 24.1. The summed E-state index contributed by atoms with van der Waals surface area (Å²) in [6.07, 6.45) is 0. The van der Waals surface area contributed by atoms with Gasteiger partial charge >= 0.3 is 5.63 Å². The van der Waals surface area contributed by atoms with E-state index in [-0.39, 0.29) is 17.0 Å². The van der Waals surface area contributed by atoms with Crippen LogP contribution in [0.25, 0.3) is 21.9 Å².